The highest BCUT2D eigenvalue weighted by atomic mass is 79.9. The van der Waals surface area contributed by atoms with E-state index >= 15 is 0 Å². The van der Waals surface area contributed by atoms with Gasteiger partial charge in [-0.25, -0.2) is 0 Å². The average molecular weight is 399 g/mol. The van der Waals surface area contributed by atoms with Crippen LogP contribution in [0.2, 0.25) is 5.02 Å². The lowest BCUT2D eigenvalue weighted by molar-refractivity contribution is -0.128. The van der Waals surface area contributed by atoms with Gasteiger partial charge in [0.1, 0.15) is 11.5 Å². The van der Waals surface area contributed by atoms with E-state index in [1.807, 2.05) is 12.1 Å². The summed E-state index contributed by atoms with van der Waals surface area (Å²) in [6.45, 7) is 3.41. The van der Waals surface area contributed by atoms with E-state index in [-0.39, 0.29) is 5.91 Å². The first-order chi connectivity index (χ1) is 10.8. The zero-order valence-corrected chi connectivity index (χ0v) is 15.4. The Morgan fingerprint density at radius 1 is 1.17 bits per heavy atom. The molecular weight excluding hydrogens is 382 g/mol. The summed E-state index contributed by atoms with van der Waals surface area (Å²) in [5, 5.41) is 3.22. The fourth-order valence-corrected chi connectivity index (χ4v) is 2.39. The predicted octanol–water partition coefficient (Wildman–Crippen LogP) is 4.91. The second-order valence-electron chi connectivity index (χ2n) is 5.37. The molecule has 0 aliphatic rings. The molecule has 0 aliphatic carbocycles. The molecule has 2 aromatic rings. The molecule has 0 bridgehead atoms. The maximum atomic E-state index is 12.5. The van der Waals surface area contributed by atoms with Crippen LogP contribution in [-0.4, -0.2) is 18.6 Å². The Morgan fingerprint density at radius 3 is 2.39 bits per heavy atom. The fourth-order valence-electron chi connectivity index (χ4n) is 1.87. The molecule has 6 heteroatoms. The molecule has 0 spiro atoms. The lowest BCUT2D eigenvalue weighted by atomic mass is 10.1. The topological polar surface area (TPSA) is 47.6 Å². The van der Waals surface area contributed by atoms with E-state index in [1.54, 1.807) is 44.2 Å². The van der Waals surface area contributed by atoms with Crippen LogP contribution in [0, 0.1) is 0 Å². The summed E-state index contributed by atoms with van der Waals surface area (Å²) in [4.78, 5) is 12.5. The number of carbonyl (C=O) groups is 1. The Bertz CT molecular complexity index is 701. The molecule has 0 aliphatic heterocycles. The van der Waals surface area contributed by atoms with Crippen LogP contribution in [-0.2, 0) is 4.79 Å². The third-order valence-corrected chi connectivity index (χ3v) is 3.97. The van der Waals surface area contributed by atoms with Crippen molar-refractivity contribution in [2.45, 2.75) is 19.4 Å². The standard InChI is InChI=1S/C17H17BrClNO3/c1-17(2,23-13-7-4-11(18)5-8-13)16(21)20-12-6-9-15(22-3)14(19)10-12/h4-10H,1-3H3,(H,20,21). The highest BCUT2D eigenvalue weighted by molar-refractivity contribution is 9.10. The van der Waals surface area contributed by atoms with Crippen LogP contribution in [0.3, 0.4) is 0 Å². The van der Waals surface area contributed by atoms with Gasteiger partial charge < -0.3 is 14.8 Å². The molecule has 0 heterocycles. The number of amides is 1. The van der Waals surface area contributed by atoms with Crippen molar-refractivity contribution in [3.05, 3.63) is 52.0 Å². The Balaban J connectivity index is 2.08. The Morgan fingerprint density at radius 2 is 1.83 bits per heavy atom. The van der Waals surface area contributed by atoms with E-state index in [4.69, 9.17) is 21.1 Å². The van der Waals surface area contributed by atoms with Crippen molar-refractivity contribution in [1.82, 2.24) is 0 Å². The molecule has 0 saturated carbocycles. The molecule has 1 amide bonds. The van der Waals surface area contributed by atoms with Gasteiger partial charge in [0.05, 0.1) is 12.1 Å². The van der Waals surface area contributed by atoms with Gasteiger partial charge in [-0.05, 0) is 56.3 Å². The summed E-state index contributed by atoms with van der Waals surface area (Å²) in [6, 6.07) is 12.3. The van der Waals surface area contributed by atoms with Gasteiger partial charge in [0, 0.05) is 10.2 Å². The van der Waals surface area contributed by atoms with Crippen molar-refractivity contribution in [2.24, 2.45) is 0 Å². The Hall–Kier alpha value is -1.72. The van der Waals surface area contributed by atoms with Crippen LogP contribution in [0.1, 0.15) is 13.8 Å². The summed E-state index contributed by atoms with van der Waals surface area (Å²) in [5.74, 6) is 0.887. The van der Waals surface area contributed by atoms with E-state index in [2.05, 4.69) is 21.2 Å². The van der Waals surface area contributed by atoms with Crippen LogP contribution in [0.5, 0.6) is 11.5 Å². The number of ether oxygens (including phenoxy) is 2. The molecule has 23 heavy (non-hydrogen) atoms. The normalized spacial score (nSPS) is 11.0. The molecule has 1 N–H and O–H groups in total. The minimum Gasteiger partial charge on any atom is -0.495 e. The van der Waals surface area contributed by atoms with Crippen molar-refractivity contribution < 1.29 is 14.3 Å². The molecule has 122 valence electrons. The van der Waals surface area contributed by atoms with E-state index < -0.39 is 5.60 Å². The van der Waals surface area contributed by atoms with Crippen LogP contribution in [0.15, 0.2) is 46.9 Å². The first-order valence-corrected chi connectivity index (χ1v) is 8.08. The largest absolute Gasteiger partial charge is 0.495 e. The zero-order chi connectivity index (χ0) is 17.0. The first kappa shape index (κ1) is 17.6. The SMILES string of the molecule is COc1ccc(NC(=O)C(C)(C)Oc2ccc(Br)cc2)cc1Cl. The molecule has 2 aromatic carbocycles. The molecule has 0 unspecified atom stereocenters. The highest BCUT2D eigenvalue weighted by Crippen LogP contribution is 2.28. The smallest absolute Gasteiger partial charge is 0.267 e. The number of halogens is 2. The Labute approximate surface area is 148 Å². The van der Waals surface area contributed by atoms with Gasteiger partial charge in [-0.2, -0.15) is 0 Å². The summed E-state index contributed by atoms with van der Waals surface area (Å²) in [7, 11) is 1.54. The van der Waals surface area contributed by atoms with Crippen LogP contribution in [0.4, 0.5) is 5.69 Å². The number of nitrogens with one attached hydrogen (secondary N) is 1. The summed E-state index contributed by atoms with van der Waals surface area (Å²) < 4.78 is 11.8. The minimum absolute atomic E-state index is 0.276. The molecule has 0 saturated heterocycles. The van der Waals surface area contributed by atoms with Gasteiger partial charge in [0.2, 0.25) is 0 Å². The molecule has 0 fully saturated rings. The number of benzene rings is 2. The van der Waals surface area contributed by atoms with Crippen molar-refractivity contribution >= 4 is 39.1 Å². The van der Waals surface area contributed by atoms with Crippen molar-refractivity contribution in [3.8, 4) is 11.5 Å². The second kappa shape index (κ2) is 7.23. The van der Waals surface area contributed by atoms with Gasteiger partial charge in [-0.15, -0.1) is 0 Å². The quantitative estimate of drug-likeness (QED) is 0.778. The lowest BCUT2D eigenvalue weighted by Crippen LogP contribution is -2.42. The van der Waals surface area contributed by atoms with Gasteiger partial charge in [-0.3, -0.25) is 4.79 Å². The van der Waals surface area contributed by atoms with E-state index in [0.717, 1.165) is 4.47 Å². The van der Waals surface area contributed by atoms with Crippen molar-refractivity contribution in [1.29, 1.82) is 0 Å². The first-order valence-electron chi connectivity index (χ1n) is 6.91. The number of anilines is 1. The van der Waals surface area contributed by atoms with Gasteiger partial charge >= 0.3 is 0 Å². The van der Waals surface area contributed by atoms with Gasteiger partial charge in [0.15, 0.2) is 5.60 Å². The monoisotopic (exact) mass is 397 g/mol. The number of methoxy groups -OCH3 is 1. The minimum atomic E-state index is -1.04. The second-order valence-corrected chi connectivity index (χ2v) is 6.69. The van der Waals surface area contributed by atoms with Crippen LogP contribution < -0.4 is 14.8 Å². The van der Waals surface area contributed by atoms with E-state index in [1.165, 1.54) is 7.11 Å². The average Bonchev–Trinajstić information content (AvgIpc) is 2.49. The maximum absolute atomic E-state index is 12.5. The third-order valence-electron chi connectivity index (χ3n) is 3.14. The van der Waals surface area contributed by atoms with Gasteiger partial charge in [-0.1, -0.05) is 27.5 Å². The third kappa shape index (κ3) is 4.62. The van der Waals surface area contributed by atoms with E-state index in [0.29, 0.717) is 22.2 Å². The number of hydrogen-bond donors (Lipinski definition) is 1. The summed E-state index contributed by atoms with van der Waals surface area (Å²) in [6.07, 6.45) is 0. The van der Waals surface area contributed by atoms with Gasteiger partial charge in [0.25, 0.3) is 5.91 Å². The highest BCUT2D eigenvalue weighted by Gasteiger charge is 2.30. The van der Waals surface area contributed by atoms with Crippen LogP contribution >= 0.6 is 27.5 Å². The molecule has 0 atom stereocenters. The molecule has 0 aromatic heterocycles. The predicted molar refractivity (Wildman–Crippen MR) is 95.5 cm³/mol. The summed E-state index contributed by atoms with van der Waals surface area (Å²) in [5.41, 5.74) is -0.464. The number of rotatable bonds is 5. The lowest BCUT2D eigenvalue weighted by Gasteiger charge is -2.25. The zero-order valence-electron chi connectivity index (χ0n) is 13.0. The fraction of sp³-hybridized carbons (Fsp3) is 0.235. The molecule has 4 nitrogen and oxygen atoms in total. The molecule has 2 rings (SSSR count). The van der Waals surface area contributed by atoms with E-state index in [9.17, 15) is 4.79 Å². The maximum Gasteiger partial charge on any atom is 0.267 e. The summed E-state index contributed by atoms with van der Waals surface area (Å²) >= 11 is 9.42. The number of carbonyl (C=O) groups excluding carboxylic acids is 1. The van der Waals surface area contributed by atoms with Crippen molar-refractivity contribution in [2.75, 3.05) is 12.4 Å². The molecular formula is C17H17BrClNO3. The molecule has 0 radical (unpaired) electrons. The number of hydrogen-bond acceptors (Lipinski definition) is 3. The Kier molecular flexibility index (Phi) is 5.55. The van der Waals surface area contributed by atoms with Crippen LogP contribution in [0.25, 0.3) is 0 Å². The van der Waals surface area contributed by atoms with Crippen molar-refractivity contribution in [3.63, 3.8) is 0 Å².